The lowest BCUT2D eigenvalue weighted by Gasteiger charge is -2.35. The number of esters is 2. The van der Waals surface area contributed by atoms with Crippen molar-refractivity contribution >= 4 is 23.9 Å². The van der Waals surface area contributed by atoms with Crippen LogP contribution in [0.5, 0.6) is 11.6 Å². The lowest BCUT2D eigenvalue weighted by molar-refractivity contribution is -0.163. The van der Waals surface area contributed by atoms with Gasteiger partial charge >= 0.3 is 11.9 Å². The molecule has 0 N–H and O–H groups in total. The molecule has 1 aliphatic rings. The number of ether oxygens (including phenoxy) is 3. The number of hydrogen-bond donors (Lipinski definition) is 0. The van der Waals surface area contributed by atoms with Crippen LogP contribution in [0.3, 0.4) is 0 Å². The molecule has 2 aromatic rings. The van der Waals surface area contributed by atoms with Crippen LogP contribution in [0.1, 0.15) is 37.0 Å². The molecular weight excluding hydrogens is 388 g/mol. The van der Waals surface area contributed by atoms with E-state index in [9.17, 15) is 14.4 Å². The van der Waals surface area contributed by atoms with Gasteiger partial charge in [0.2, 0.25) is 11.4 Å². The van der Waals surface area contributed by atoms with E-state index in [1.54, 1.807) is 61.3 Å². The molecule has 2 heterocycles. The van der Waals surface area contributed by atoms with Gasteiger partial charge in [-0.05, 0) is 57.0 Å². The third-order valence-corrected chi connectivity index (χ3v) is 4.88. The molecule has 0 unspecified atom stereocenters. The predicted octanol–water partition coefficient (Wildman–Crippen LogP) is 3.15. The van der Waals surface area contributed by atoms with Crippen LogP contribution in [-0.2, 0) is 19.1 Å². The van der Waals surface area contributed by atoms with Crippen molar-refractivity contribution in [1.29, 1.82) is 0 Å². The van der Waals surface area contributed by atoms with E-state index in [4.69, 9.17) is 14.2 Å². The third kappa shape index (κ3) is 4.12. The Hall–Kier alpha value is -3.42. The van der Waals surface area contributed by atoms with Gasteiger partial charge in [0, 0.05) is 18.2 Å². The molecule has 8 heteroatoms. The predicted molar refractivity (Wildman–Crippen MR) is 109 cm³/mol. The minimum atomic E-state index is -1.51. The second-order valence-electron chi connectivity index (χ2n) is 6.70. The highest BCUT2D eigenvalue weighted by atomic mass is 16.6. The molecule has 1 aromatic carbocycles. The third-order valence-electron chi connectivity index (χ3n) is 4.88. The van der Waals surface area contributed by atoms with Crippen LogP contribution in [0.25, 0.3) is 0 Å². The first-order chi connectivity index (χ1) is 14.5. The van der Waals surface area contributed by atoms with E-state index in [0.29, 0.717) is 42.3 Å². The summed E-state index contributed by atoms with van der Waals surface area (Å²) >= 11 is 0. The van der Waals surface area contributed by atoms with E-state index in [1.807, 2.05) is 0 Å². The summed E-state index contributed by atoms with van der Waals surface area (Å²) in [6.07, 6.45) is 3.25. The number of aldehydes is 1. The van der Waals surface area contributed by atoms with E-state index in [0.717, 1.165) is 6.29 Å². The molecule has 30 heavy (non-hydrogen) atoms. The molecule has 0 aliphatic carbocycles. The van der Waals surface area contributed by atoms with Crippen molar-refractivity contribution < 1.29 is 28.6 Å². The minimum Gasteiger partial charge on any atom is -0.464 e. The van der Waals surface area contributed by atoms with Gasteiger partial charge in [-0.25, -0.2) is 14.6 Å². The van der Waals surface area contributed by atoms with E-state index >= 15 is 0 Å². The van der Waals surface area contributed by atoms with Crippen molar-refractivity contribution in [3.05, 3.63) is 48.2 Å². The molecule has 0 amide bonds. The molecule has 0 spiro atoms. The number of carbonyl (C=O) groups excluding carboxylic acids is 3. The van der Waals surface area contributed by atoms with Crippen molar-refractivity contribution in [3.63, 3.8) is 0 Å². The largest absolute Gasteiger partial charge is 0.464 e. The van der Waals surface area contributed by atoms with Gasteiger partial charge < -0.3 is 19.1 Å². The number of pyridine rings is 1. The normalized spacial score (nSPS) is 14.8. The van der Waals surface area contributed by atoms with Crippen LogP contribution in [0.2, 0.25) is 0 Å². The summed E-state index contributed by atoms with van der Waals surface area (Å²) in [7, 11) is 0. The number of hydrogen-bond acceptors (Lipinski definition) is 8. The molecule has 1 saturated heterocycles. The minimum absolute atomic E-state index is 0.168. The average molecular weight is 412 g/mol. The molecule has 1 aliphatic heterocycles. The van der Waals surface area contributed by atoms with Crippen molar-refractivity contribution in [2.45, 2.75) is 32.2 Å². The van der Waals surface area contributed by atoms with Crippen molar-refractivity contribution in [3.8, 4) is 11.6 Å². The highest BCUT2D eigenvalue weighted by Gasteiger charge is 2.56. The lowest BCUT2D eigenvalue weighted by Crippen LogP contribution is -2.58. The van der Waals surface area contributed by atoms with E-state index in [1.165, 1.54) is 0 Å². The first-order valence-corrected chi connectivity index (χ1v) is 9.86. The Kier molecular flexibility index (Phi) is 6.66. The fraction of sp³-hybridized carbons (Fsp3) is 0.364. The Labute approximate surface area is 174 Å². The van der Waals surface area contributed by atoms with Gasteiger partial charge in [0.1, 0.15) is 12.0 Å². The van der Waals surface area contributed by atoms with Crippen LogP contribution in [0, 0.1) is 0 Å². The fourth-order valence-corrected chi connectivity index (χ4v) is 3.50. The number of rotatable bonds is 8. The van der Waals surface area contributed by atoms with E-state index in [2.05, 4.69) is 4.98 Å². The fourth-order valence-electron chi connectivity index (χ4n) is 3.50. The molecule has 1 aromatic heterocycles. The van der Waals surface area contributed by atoms with Crippen LogP contribution < -0.4 is 9.64 Å². The molecule has 0 bridgehead atoms. The first-order valence-electron chi connectivity index (χ1n) is 9.86. The van der Waals surface area contributed by atoms with Crippen LogP contribution in [0.15, 0.2) is 42.6 Å². The van der Waals surface area contributed by atoms with Crippen LogP contribution in [0.4, 0.5) is 5.69 Å². The Balaban J connectivity index is 1.84. The Morgan fingerprint density at radius 1 is 1.07 bits per heavy atom. The molecule has 8 nitrogen and oxygen atoms in total. The monoisotopic (exact) mass is 412 g/mol. The molecule has 1 fully saturated rings. The number of anilines is 1. The highest BCUT2D eigenvalue weighted by Crippen LogP contribution is 2.37. The second kappa shape index (κ2) is 9.39. The van der Waals surface area contributed by atoms with Crippen molar-refractivity contribution in [2.24, 2.45) is 0 Å². The van der Waals surface area contributed by atoms with Gasteiger partial charge in [-0.3, -0.25) is 4.79 Å². The zero-order valence-electron chi connectivity index (χ0n) is 17.0. The molecule has 0 radical (unpaired) electrons. The Bertz CT molecular complexity index is 877. The maximum Gasteiger partial charge on any atom is 0.343 e. The maximum absolute atomic E-state index is 12.8. The maximum atomic E-state index is 12.8. The number of carbonyl (C=O) groups is 3. The Morgan fingerprint density at radius 2 is 1.73 bits per heavy atom. The smallest absolute Gasteiger partial charge is 0.343 e. The van der Waals surface area contributed by atoms with Gasteiger partial charge in [0.15, 0.2) is 0 Å². The molecule has 3 rings (SSSR count). The van der Waals surface area contributed by atoms with Crippen LogP contribution in [-0.4, -0.2) is 48.5 Å². The summed E-state index contributed by atoms with van der Waals surface area (Å²) in [4.78, 5) is 42.3. The topological polar surface area (TPSA) is 95.0 Å². The number of aromatic nitrogens is 1. The van der Waals surface area contributed by atoms with Crippen LogP contribution >= 0.6 is 0 Å². The van der Waals surface area contributed by atoms with Gasteiger partial charge in [0.05, 0.1) is 25.1 Å². The molecule has 0 saturated carbocycles. The summed E-state index contributed by atoms with van der Waals surface area (Å²) in [6.45, 7) is 4.23. The summed E-state index contributed by atoms with van der Waals surface area (Å²) in [5, 5.41) is 0. The summed E-state index contributed by atoms with van der Waals surface area (Å²) in [5.74, 6) is -0.350. The first kappa shape index (κ1) is 21.3. The zero-order chi connectivity index (χ0) is 21.6. The molecule has 158 valence electrons. The standard InChI is InChI=1S/C22H24N2O6/c1-3-28-20(26)22(21(27)29-4-2)12-5-13-24(22)17-8-11-19(23-14-17)30-18-9-6-16(15-25)7-10-18/h6-11,14-15H,3-5,12-13H2,1-2H3. The zero-order valence-corrected chi connectivity index (χ0v) is 17.0. The lowest BCUT2D eigenvalue weighted by atomic mass is 9.95. The number of benzene rings is 1. The summed E-state index contributed by atoms with van der Waals surface area (Å²) in [5.41, 5.74) is -0.369. The van der Waals surface area contributed by atoms with Crippen molar-refractivity contribution in [1.82, 2.24) is 4.98 Å². The number of nitrogens with zero attached hydrogens (tertiary/aromatic N) is 2. The quantitative estimate of drug-likeness (QED) is 0.371. The average Bonchev–Trinajstić information content (AvgIpc) is 3.21. The SMILES string of the molecule is CCOC(=O)C1(C(=O)OCC)CCCN1c1ccc(Oc2ccc(C=O)cc2)nc1. The van der Waals surface area contributed by atoms with E-state index < -0.39 is 17.5 Å². The van der Waals surface area contributed by atoms with Gasteiger partial charge in [-0.15, -0.1) is 0 Å². The molecule has 0 atom stereocenters. The molecular formula is C22H24N2O6. The highest BCUT2D eigenvalue weighted by molar-refractivity contribution is 6.09. The Morgan fingerprint density at radius 3 is 2.27 bits per heavy atom. The summed E-state index contributed by atoms with van der Waals surface area (Å²) < 4.78 is 16.1. The summed E-state index contributed by atoms with van der Waals surface area (Å²) in [6, 6.07) is 10.0. The van der Waals surface area contributed by atoms with E-state index in [-0.39, 0.29) is 13.2 Å². The second-order valence-corrected chi connectivity index (χ2v) is 6.70. The van der Waals surface area contributed by atoms with Gasteiger partial charge in [-0.2, -0.15) is 0 Å². The van der Waals surface area contributed by atoms with Gasteiger partial charge in [-0.1, -0.05) is 0 Å². The van der Waals surface area contributed by atoms with Gasteiger partial charge in [0.25, 0.3) is 0 Å². The van der Waals surface area contributed by atoms with Crippen molar-refractivity contribution in [2.75, 3.05) is 24.7 Å².